The molecule has 0 saturated heterocycles. The van der Waals surface area contributed by atoms with Gasteiger partial charge in [0.05, 0.1) is 11.0 Å². The number of hydrogen-bond acceptors (Lipinski definition) is 2. The minimum atomic E-state index is -4.57. The normalized spacial score (nSPS) is 11.7. The summed E-state index contributed by atoms with van der Waals surface area (Å²) in [5.41, 5.74) is 1.02. The van der Waals surface area contributed by atoms with E-state index in [9.17, 15) is 18.0 Å². The van der Waals surface area contributed by atoms with Gasteiger partial charge in [-0.05, 0) is 36.4 Å². The molecule has 0 aliphatic carbocycles. The monoisotopic (exact) mass is 367 g/mol. The number of rotatable bonds is 4. The molecule has 130 valence electrons. The van der Waals surface area contributed by atoms with Gasteiger partial charge in [-0.3, -0.25) is 4.79 Å². The number of amides is 1. The van der Waals surface area contributed by atoms with Gasteiger partial charge < -0.3 is 9.88 Å². The zero-order chi connectivity index (χ0) is 18.0. The van der Waals surface area contributed by atoms with Crippen LogP contribution in [0.3, 0.4) is 0 Å². The van der Waals surface area contributed by atoms with E-state index < -0.39 is 12.0 Å². The van der Waals surface area contributed by atoms with Crippen molar-refractivity contribution in [1.82, 2.24) is 14.9 Å². The Kier molecular flexibility index (Phi) is 4.67. The molecule has 2 aromatic carbocycles. The number of carbonyl (C=O) groups is 1. The lowest BCUT2D eigenvalue weighted by molar-refractivity contribution is -0.146. The Hall–Kier alpha value is -2.54. The van der Waals surface area contributed by atoms with Crippen LogP contribution in [0.25, 0.3) is 11.0 Å². The van der Waals surface area contributed by atoms with Gasteiger partial charge in [-0.15, -0.1) is 0 Å². The van der Waals surface area contributed by atoms with Crippen LogP contribution in [0.4, 0.5) is 13.2 Å². The molecule has 0 saturated carbocycles. The largest absolute Gasteiger partial charge is 0.449 e. The smallest absolute Gasteiger partial charge is 0.350 e. The van der Waals surface area contributed by atoms with Crippen molar-refractivity contribution in [2.24, 2.45) is 0 Å². The predicted molar refractivity (Wildman–Crippen MR) is 88.5 cm³/mol. The van der Waals surface area contributed by atoms with Crippen molar-refractivity contribution in [3.63, 3.8) is 0 Å². The first-order valence-electron chi connectivity index (χ1n) is 7.42. The lowest BCUT2D eigenvalue weighted by Gasteiger charge is -2.12. The molecule has 0 unspecified atom stereocenters. The fourth-order valence-corrected chi connectivity index (χ4v) is 2.63. The van der Waals surface area contributed by atoms with E-state index in [0.717, 1.165) is 4.57 Å². The highest BCUT2D eigenvalue weighted by atomic mass is 35.5. The molecule has 0 radical (unpaired) electrons. The molecule has 0 fully saturated rings. The van der Waals surface area contributed by atoms with Crippen molar-refractivity contribution >= 4 is 28.5 Å². The van der Waals surface area contributed by atoms with E-state index in [1.165, 1.54) is 6.07 Å². The van der Waals surface area contributed by atoms with Crippen LogP contribution in [0.2, 0.25) is 5.02 Å². The molecule has 1 heterocycles. The Balaban J connectivity index is 1.76. The van der Waals surface area contributed by atoms with Gasteiger partial charge >= 0.3 is 6.18 Å². The van der Waals surface area contributed by atoms with E-state index in [2.05, 4.69) is 10.3 Å². The molecular formula is C17H13ClF3N3O. The molecule has 0 aliphatic rings. The second kappa shape index (κ2) is 6.76. The van der Waals surface area contributed by atoms with E-state index in [1.807, 2.05) is 0 Å². The van der Waals surface area contributed by atoms with Crippen LogP contribution in [-0.2, 0) is 12.7 Å². The Morgan fingerprint density at radius 1 is 1.12 bits per heavy atom. The van der Waals surface area contributed by atoms with Crippen molar-refractivity contribution in [1.29, 1.82) is 0 Å². The van der Waals surface area contributed by atoms with Crippen molar-refractivity contribution < 1.29 is 18.0 Å². The van der Waals surface area contributed by atoms with Crippen molar-refractivity contribution in [3.05, 3.63) is 64.9 Å². The lowest BCUT2D eigenvalue weighted by Crippen LogP contribution is -2.28. The number of nitrogens with zero attached hydrogens (tertiary/aromatic N) is 2. The van der Waals surface area contributed by atoms with E-state index in [4.69, 9.17) is 11.6 Å². The minimum Gasteiger partial charge on any atom is -0.350 e. The molecule has 0 aliphatic heterocycles. The molecular weight excluding hydrogens is 355 g/mol. The molecule has 8 heteroatoms. The molecule has 1 amide bonds. The Labute approximate surface area is 146 Å². The summed E-state index contributed by atoms with van der Waals surface area (Å²) < 4.78 is 40.6. The summed E-state index contributed by atoms with van der Waals surface area (Å²) in [6.45, 7) is -0.0143. The second-order valence-electron chi connectivity index (χ2n) is 5.34. The highest BCUT2D eigenvalue weighted by Crippen LogP contribution is 2.31. The molecule has 1 N–H and O–H groups in total. The maximum atomic E-state index is 13.2. The lowest BCUT2D eigenvalue weighted by atomic mass is 10.2. The summed E-state index contributed by atoms with van der Waals surface area (Å²) in [6.07, 6.45) is -4.57. The van der Waals surface area contributed by atoms with Gasteiger partial charge in [0.15, 0.2) is 0 Å². The number of nitrogens with one attached hydrogen (secondary N) is 1. The summed E-state index contributed by atoms with van der Waals surface area (Å²) >= 11 is 5.76. The number of carbonyl (C=O) groups excluding carboxylic acids is 1. The number of halogens is 4. The standard InChI is InChI=1S/C17H13ClF3N3O/c18-12-7-5-11(6-8-12)15(25)22-9-10-24-14-4-2-1-3-13(14)23-16(24)17(19,20)21/h1-8H,9-10H2,(H,22,25). The number of aromatic nitrogens is 2. The zero-order valence-electron chi connectivity index (χ0n) is 12.8. The number of fused-ring (bicyclic) bond motifs is 1. The Morgan fingerprint density at radius 2 is 1.80 bits per heavy atom. The van der Waals surface area contributed by atoms with E-state index in [1.54, 1.807) is 42.5 Å². The summed E-state index contributed by atoms with van der Waals surface area (Å²) in [4.78, 5) is 15.7. The predicted octanol–water partition coefficient (Wildman–Crippen LogP) is 4.14. The first kappa shape index (κ1) is 17.3. The highest BCUT2D eigenvalue weighted by molar-refractivity contribution is 6.30. The van der Waals surface area contributed by atoms with Crippen LogP contribution in [0, 0.1) is 0 Å². The first-order chi connectivity index (χ1) is 11.9. The topological polar surface area (TPSA) is 46.9 Å². The summed E-state index contributed by atoms with van der Waals surface area (Å²) in [5.74, 6) is -1.36. The van der Waals surface area contributed by atoms with Crippen molar-refractivity contribution in [2.45, 2.75) is 12.7 Å². The summed E-state index contributed by atoms with van der Waals surface area (Å²) in [6, 6.07) is 12.6. The number of hydrogen-bond donors (Lipinski definition) is 1. The SMILES string of the molecule is O=C(NCCn1c(C(F)(F)F)nc2ccccc21)c1ccc(Cl)cc1. The van der Waals surface area contributed by atoms with Gasteiger partial charge in [0.25, 0.3) is 5.91 Å². The molecule has 0 bridgehead atoms. The third-order valence-electron chi connectivity index (χ3n) is 3.64. The summed E-state index contributed by atoms with van der Waals surface area (Å²) in [7, 11) is 0. The average molecular weight is 368 g/mol. The summed E-state index contributed by atoms with van der Waals surface area (Å²) in [5, 5.41) is 3.10. The minimum absolute atomic E-state index is 0.0326. The number of benzene rings is 2. The quantitative estimate of drug-likeness (QED) is 0.753. The zero-order valence-corrected chi connectivity index (χ0v) is 13.6. The van der Waals surface area contributed by atoms with E-state index in [0.29, 0.717) is 16.1 Å². The molecule has 0 atom stereocenters. The first-order valence-corrected chi connectivity index (χ1v) is 7.80. The van der Waals surface area contributed by atoms with Crippen LogP contribution in [-0.4, -0.2) is 22.0 Å². The number of alkyl halides is 3. The number of imidazole rings is 1. The highest BCUT2D eigenvalue weighted by Gasteiger charge is 2.37. The van der Waals surface area contributed by atoms with Gasteiger partial charge in [-0.2, -0.15) is 13.2 Å². The van der Waals surface area contributed by atoms with Gasteiger partial charge in [-0.1, -0.05) is 23.7 Å². The second-order valence-corrected chi connectivity index (χ2v) is 5.77. The fourth-order valence-electron chi connectivity index (χ4n) is 2.50. The van der Waals surface area contributed by atoms with Crippen LogP contribution < -0.4 is 5.32 Å². The molecule has 3 rings (SSSR count). The van der Waals surface area contributed by atoms with Gasteiger partial charge in [0, 0.05) is 23.7 Å². The fraction of sp³-hybridized carbons (Fsp3) is 0.176. The Morgan fingerprint density at radius 3 is 2.48 bits per heavy atom. The Bertz CT molecular complexity index is 904. The van der Waals surface area contributed by atoms with Crippen LogP contribution >= 0.6 is 11.6 Å². The van der Waals surface area contributed by atoms with E-state index >= 15 is 0 Å². The molecule has 0 spiro atoms. The third kappa shape index (κ3) is 3.76. The number of para-hydroxylation sites is 2. The van der Waals surface area contributed by atoms with Crippen LogP contribution in [0.1, 0.15) is 16.2 Å². The molecule has 4 nitrogen and oxygen atoms in total. The maximum absolute atomic E-state index is 13.2. The molecule has 25 heavy (non-hydrogen) atoms. The van der Waals surface area contributed by atoms with Gasteiger partial charge in [0.2, 0.25) is 5.82 Å². The van der Waals surface area contributed by atoms with Crippen molar-refractivity contribution in [2.75, 3.05) is 6.54 Å². The van der Waals surface area contributed by atoms with Gasteiger partial charge in [0.1, 0.15) is 0 Å². The molecule has 3 aromatic rings. The van der Waals surface area contributed by atoms with Crippen LogP contribution in [0.5, 0.6) is 0 Å². The average Bonchev–Trinajstić information content (AvgIpc) is 2.95. The maximum Gasteiger partial charge on any atom is 0.449 e. The van der Waals surface area contributed by atoms with Crippen molar-refractivity contribution in [3.8, 4) is 0 Å². The van der Waals surface area contributed by atoms with E-state index in [-0.39, 0.29) is 24.5 Å². The molecule has 1 aromatic heterocycles. The third-order valence-corrected chi connectivity index (χ3v) is 3.89. The van der Waals surface area contributed by atoms with Gasteiger partial charge in [-0.25, -0.2) is 4.98 Å². The van der Waals surface area contributed by atoms with Crippen LogP contribution in [0.15, 0.2) is 48.5 Å².